The van der Waals surface area contributed by atoms with Gasteiger partial charge in [0.15, 0.2) is 0 Å². The number of piperidine rings is 1. The third-order valence-electron chi connectivity index (χ3n) is 11.0. The molecule has 0 bridgehead atoms. The fraction of sp³-hybridized carbons (Fsp3) is 0.714. The van der Waals surface area contributed by atoms with Gasteiger partial charge in [0.2, 0.25) is 17.7 Å². The summed E-state index contributed by atoms with van der Waals surface area (Å²) in [5.41, 5.74) is 1.55. The van der Waals surface area contributed by atoms with Crippen LogP contribution in [0, 0.1) is 17.3 Å². The zero-order valence-electron chi connectivity index (χ0n) is 27.7. The predicted octanol–water partition coefficient (Wildman–Crippen LogP) is 2.91. The molecule has 0 unspecified atom stereocenters. The normalized spacial score (nSPS) is 30.4. The summed E-state index contributed by atoms with van der Waals surface area (Å²) in [5.74, 6) is -0.547. The van der Waals surface area contributed by atoms with Gasteiger partial charge in [0.1, 0.15) is 18.1 Å². The maximum absolute atomic E-state index is 14.7. The average Bonchev–Trinajstić information content (AvgIpc) is 3.60. The van der Waals surface area contributed by atoms with Gasteiger partial charge in [0.25, 0.3) is 0 Å². The Labute approximate surface area is 272 Å². The van der Waals surface area contributed by atoms with Crippen LogP contribution >= 0.6 is 0 Å². The summed E-state index contributed by atoms with van der Waals surface area (Å²) < 4.78 is 0. The van der Waals surface area contributed by atoms with Crippen LogP contribution in [0.25, 0.3) is 0 Å². The van der Waals surface area contributed by atoms with Gasteiger partial charge < -0.3 is 25.7 Å². The number of hydrogen-bond acceptors (Lipinski definition) is 6. The van der Waals surface area contributed by atoms with E-state index in [2.05, 4.69) is 15.5 Å². The Hall–Kier alpha value is -3.18. The number of carbonyl (C=O) groups excluding carboxylic acids is 3. The number of aliphatic hydroxyl groups is 1. The molecule has 2 heterocycles. The first-order valence-electron chi connectivity index (χ1n) is 17.2. The molecule has 4 fully saturated rings. The number of rotatable bonds is 8. The van der Waals surface area contributed by atoms with Crippen LogP contribution in [0.4, 0.5) is 4.79 Å². The molecule has 46 heavy (non-hydrogen) atoms. The maximum atomic E-state index is 14.7. The summed E-state index contributed by atoms with van der Waals surface area (Å²) >= 11 is 0. The van der Waals surface area contributed by atoms with E-state index < -0.39 is 42.3 Å². The van der Waals surface area contributed by atoms with E-state index in [1.807, 2.05) is 45.0 Å². The molecule has 11 nitrogen and oxygen atoms in total. The van der Waals surface area contributed by atoms with Crippen molar-refractivity contribution >= 4 is 23.8 Å². The smallest absolute Gasteiger partial charge is 0.407 e. The minimum absolute atomic E-state index is 0.0967. The van der Waals surface area contributed by atoms with Gasteiger partial charge in [-0.3, -0.25) is 24.2 Å². The quantitative estimate of drug-likeness (QED) is 0.343. The van der Waals surface area contributed by atoms with E-state index >= 15 is 0 Å². The van der Waals surface area contributed by atoms with Gasteiger partial charge >= 0.3 is 6.09 Å². The Morgan fingerprint density at radius 2 is 1.76 bits per heavy atom. The van der Waals surface area contributed by atoms with Crippen molar-refractivity contribution in [1.29, 1.82) is 0 Å². The molecule has 0 aromatic heterocycles. The molecule has 8 atom stereocenters. The Kier molecular flexibility index (Phi) is 9.10. The largest absolute Gasteiger partial charge is 0.465 e. The lowest BCUT2D eigenvalue weighted by molar-refractivity contribution is -0.150. The molecule has 0 radical (unpaired) electrons. The number of nitrogens with zero attached hydrogens (tertiary/aromatic N) is 3. The number of amides is 4. The molecule has 6 rings (SSSR count). The molecule has 1 aromatic carbocycles. The zero-order chi connectivity index (χ0) is 32.9. The van der Waals surface area contributed by atoms with E-state index in [1.165, 1.54) is 0 Å². The van der Waals surface area contributed by atoms with Crippen molar-refractivity contribution in [2.24, 2.45) is 17.3 Å². The van der Waals surface area contributed by atoms with Crippen molar-refractivity contribution in [2.45, 2.75) is 121 Å². The molecule has 2 aliphatic heterocycles. The van der Waals surface area contributed by atoms with Crippen molar-refractivity contribution in [3.05, 3.63) is 35.4 Å². The standard InChI is InChI=1S/C35H51N5O6/c1-20(40(34(45)46)19-35(2,3)4)31(42)36-29(21-10-6-5-7-11-21)33(44)39-17-24-14-23-15-26(23)38(24)18-27(39)32(43)37-30-25-13-9-8-12-22(25)16-28(30)41/h8-9,12-13,20-21,23-24,26-30,41H,5-7,10-11,14-19H2,1-4H3,(H,36,42)(H,37,43)(H,45,46)/t20-,23-,24+,26+,27-,28-,29-,30-/m0/s1. The van der Waals surface area contributed by atoms with Crippen molar-refractivity contribution in [3.8, 4) is 0 Å². The number of fused-ring (bicyclic) bond motifs is 4. The van der Waals surface area contributed by atoms with Crippen molar-refractivity contribution in [3.63, 3.8) is 0 Å². The lowest BCUT2D eigenvalue weighted by Crippen LogP contribution is -2.67. The van der Waals surface area contributed by atoms with Crippen LogP contribution < -0.4 is 10.6 Å². The molecular formula is C35H51N5O6. The second kappa shape index (κ2) is 12.8. The minimum atomic E-state index is -1.18. The SMILES string of the molecule is C[C@@H](C(=O)N[C@H](C(=O)N1C[C@H]2C[C@H]3C[C@H]3N2C[C@H]1C(=O)N[C@H]1c2ccccc2C[C@@H]1O)C1CCCCC1)N(CC(C)(C)C)C(=O)O. The lowest BCUT2D eigenvalue weighted by atomic mass is 9.82. The first kappa shape index (κ1) is 32.7. The summed E-state index contributed by atoms with van der Waals surface area (Å²) in [4.78, 5) is 60.0. The molecule has 5 aliphatic rings. The van der Waals surface area contributed by atoms with Crippen LogP contribution in [-0.2, 0) is 20.8 Å². The number of carbonyl (C=O) groups is 4. The highest BCUT2D eigenvalue weighted by molar-refractivity contribution is 5.94. The summed E-state index contributed by atoms with van der Waals surface area (Å²) in [6.07, 6.45) is 5.19. The number of aliphatic hydroxyl groups excluding tert-OH is 1. The summed E-state index contributed by atoms with van der Waals surface area (Å²) in [6, 6.07) is 5.20. The Morgan fingerprint density at radius 3 is 2.46 bits per heavy atom. The fourth-order valence-corrected chi connectivity index (χ4v) is 8.55. The number of carboxylic acid groups (broad SMARTS) is 1. The molecule has 1 aromatic rings. The van der Waals surface area contributed by atoms with Crippen molar-refractivity contribution < 1.29 is 29.4 Å². The number of hydrogen-bond donors (Lipinski definition) is 4. The van der Waals surface area contributed by atoms with Gasteiger partial charge in [-0.15, -0.1) is 0 Å². The van der Waals surface area contributed by atoms with Crippen LogP contribution in [-0.4, -0.2) is 105 Å². The lowest BCUT2D eigenvalue weighted by Gasteiger charge is -2.46. The van der Waals surface area contributed by atoms with Gasteiger partial charge in [-0.1, -0.05) is 64.3 Å². The van der Waals surface area contributed by atoms with Crippen LogP contribution in [0.15, 0.2) is 24.3 Å². The van der Waals surface area contributed by atoms with E-state index in [4.69, 9.17) is 0 Å². The highest BCUT2D eigenvalue weighted by Gasteiger charge is 2.57. The topological polar surface area (TPSA) is 143 Å². The summed E-state index contributed by atoms with van der Waals surface area (Å²) in [5, 5.41) is 27.0. The predicted molar refractivity (Wildman–Crippen MR) is 172 cm³/mol. The van der Waals surface area contributed by atoms with E-state index in [0.717, 1.165) is 61.0 Å². The van der Waals surface area contributed by atoms with Gasteiger partial charge in [0.05, 0.1) is 12.1 Å². The molecule has 11 heteroatoms. The molecule has 0 spiro atoms. The van der Waals surface area contributed by atoms with Crippen LogP contribution in [0.5, 0.6) is 0 Å². The molecule has 2 saturated carbocycles. The van der Waals surface area contributed by atoms with Crippen LogP contribution in [0.3, 0.4) is 0 Å². The number of benzene rings is 1. The molecule has 3 aliphatic carbocycles. The maximum Gasteiger partial charge on any atom is 0.407 e. The van der Waals surface area contributed by atoms with Gasteiger partial charge in [0, 0.05) is 38.1 Å². The molecule has 2 saturated heterocycles. The highest BCUT2D eigenvalue weighted by atomic mass is 16.4. The molecular weight excluding hydrogens is 586 g/mol. The summed E-state index contributed by atoms with van der Waals surface area (Å²) in [7, 11) is 0. The monoisotopic (exact) mass is 637 g/mol. The van der Waals surface area contributed by atoms with E-state index in [0.29, 0.717) is 31.5 Å². The third-order valence-corrected chi connectivity index (χ3v) is 11.0. The Bertz CT molecular complexity index is 1340. The average molecular weight is 638 g/mol. The number of piperazine rings is 1. The van der Waals surface area contributed by atoms with Gasteiger partial charge in [-0.25, -0.2) is 4.79 Å². The van der Waals surface area contributed by atoms with Crippen LogP contribution in [0.1, 0.15) is 89.8 Å². The highest BCUT2D eigenvalue weighted by Crippen LogP contribution is 2.49. The first-order valence-corrected chi connectivity index (χ1v) is 17.2. The van der Waals surface area contributed by atoms with Crippen molar-refractivity contribution in [2.75, 3.05) is 19.6 Å². The molecule has 4 amide bonds. The van der Waals surface area contributed by atoms with E-state index in [1.54, 1.807) is 11.8 Å². The van der Waals surface area contributed by atoms with Crippen LogP contribution in [0.2, 0.25) is 0 Å². The number of nitrogens with one attached hydrogen (secondary N) is 2. The zero-order valence-corrected chi connectivity index (χ0v) is 27.7. The fourth-order valence-electron chi connectivity index (χ4n) is 8.55. The van der Waals surface area contributed by atoms with E-state index in [9.17, 15) is 29.4 Å². The Morgan fingerprint density at radius 1 is 1.04 bits per heavy atom. The third kappa shape index (κ3) is 6.63. The van der Waals surface area contributed by atoms with Gasteiger partial charge in [-0.05, 0) is 61.0 Å². The second-order valence-electron chi connectivity index (χ2n) is 15.6. The minimum Gasteiger partial charge on any atom is -0.465 e. The molecule has 252 valence electrons. The van der Waals surface area contributed by atoms with Gasteiger partial charge in [-0.2, -0.15) is 0 Å². The first-order chi connectivity index (χ1) is 21.8. The van der Waals surface area contributed by atoms with E-state index in [-0.39, 0.29) is 35.7 Å². The van der Waals surface area contributed by atoms with Crippen molar-refractivity contribution in [1.82, 2.24) is 25.3 Å². The Balaban J connectivity index is 1.25. The molecule has 4 N–H and O–H groups in total. The summed E-state index contributed by atoms with van der Waals surface area (Å²) in [6.45, 7) is 8.34. The second-order valence-corrected chi connectivity index (χ2v) is 15.6.